The zero-order valence-electron chi connectivity index (χ0n) is 17.4. The molecule has 33 heavy (non-hydrogen) atoms. The highest BCUT2D eigenvalue weighted by molar-refractivity contribution is 5.69. The van der Waals surface area contributed by atoms with Crippen molar-refractivity contribution in [2.75, 3.05) is 30.4 Å². The van der Waals surface area contributed by atoms with Gasteiger partial charge in [0.2, 0.25) is 11.9 Å². The van der Waals surface area contributed by atoms with E-state index in [0.717, 1.165) is 18.2 Å². The molecular weight excluding hydrogens is 460 g/mol. The molecule has 1 aromatic carbocycles. The van der Waals surface area contributed by atoms with Crippen molar-refractivity contribution in [2.24, 2.45) is 0 Å². The number of benzene rings is 1. The molecule has 0 atom stereocenters. The normalized spacial score (nSPS) is 11.7. The Balaban J connectivity index is 2.12. The minimum absolute atomic E-state index is 0.0533. The molecule has 0 saturated heterocycles. The Bertz CT molecular complexity index is 924. The third-order valence-electron chi connectivity index (χ3n) is 3.73. The summed E-state index contributed by atoms with van der Waals surface area (Å²) in [6.45, 7) is 0.624. The maximum Gasteiger partial charge on any atom is 0.422 e. The summed E-state index contributed by atoms with van der Waals surface area (Å²) in [7, 11) is 0. The van der Waals surface area contributed by atoms with Crippen LogP contribution in [0.4, 0.5) is 43.9 Å². The molecule has 14 heteroatoms. The molecule has 2 aromatic rings. The summed E-state index contributed by atoms with van der Waals surface area (Å²) in [5.74, 6) is -0.944. The van der Waals surface area contributed by atoms with E-state index in [9.17, 15) is 31.1 Å². The van der Waals surface area contributed by atoms with E-state index in [0.29, 0.717) is 19.4 Å². The van der Waals surface area contributed by atoms with Crippen LogP contribution in [-0.2, 0) is 15.7 Å². The molecule has 0 amide bonds. The molecule has 0 spiro atoms. The minimum atomic E-state index is -4.66. The van der Waals surface area contributed by atoms with Crippen molar-refractivity contribution < 1.29 is 40.6 Å². The summed E-state index contributed by atoms with van der Waals surface area (Å²) < 4.78 is 85.6. The molecule has 2 rings (SSSR count). The molecule has 0 bridgehead atoms. The second-order valence-electron chi connectivity index (χ2n) is 6.62. The fourth-order valence-corrected chi connectivity index (χ4v) is 2.33. The smallest absolute Gasteiger partial charge is 0.422 e. The average Bonchev–Trinajstić information content (AvgIpc) is 2.73. The highest BCUT2D eigenvalue weighted by Gasteiger charge is 2.31. The van der Waals surface area contributed by atoms with Crippen molar-refractivity contribution in [3.05, 3.63) is 29.8 Å². The lowest BCUT2D eigenvalue weighted by Gasteiger charge is -2.13. The number of hydrogen-bond donors (Lipinski definition) is 2. The summed E-state index contributed by atoms with van der Waals surface area (Å²) in [5, 5.41) is 5.19. The van der Waals surface area contributed by atoms with Gasteiger partial charge in [-0.15, -0.1) is 0 Å². The number of rotatable bonds is 11. The molecule has 2 N–H and O–H groups in total. The average molecular weight is 481 g/mol. The van der Waals surface area contributed by atoms with Gasteiger partial charge in [0, 0.05) is 18.7 Å². The topological polar surface area (TPSA) is 98.3 Å². The fraction of sp³-hybridized carbons (Fsp3) is 0.474. The fourth-order valence-electron chi connectivity index (χ4n) is 2.33. The van der Waals surface area contributed by atoms with Gasteiger partial charge in [-0.05, 0) is 31.0 Å². The van der Waals surface area contributed by atoms with Gasteiger partial charge in [0.25, 0.3) is 0 Å². The predicted octanol–water partition coefficient (Wildman–Crippen LogP) is 4.72. The van der Waals surface area contributed by atoms with Gasteiger partial charge in [-0.25, -0.2) is 0 Å². The van der Waals surface area contributed by atoms with Gasteiger partial charge in [0.05, 0.1) is 12.2 Å². The lowest BCUT2D eigenvalue weighted by Crippen LogP contribution is -2.21. The second kappa shape index (κ2) is 11.5. The van der Waals surface area contributed by atoms with Crippen LogP contribution in [-0.4, -0.2) is 46.9 Å². The van der Waals surface area contributed by atoms with Gasteiger partial charge in [-0.2, -0.15) is 41.3 Å². The molecule has 0 aliphatic carbocycles. The SMILES string of the molecule is CCCOC(=O)CCCNc1nc(Nc2cccc(C(F)(F)F)c2)nc(OCC(F)(F)F)n1. The van der Waals surface area contributed by atoms with E-state index < -0.39 is 36.5 Å². The second-order valence-corrected chi connectivity index (χ2v) is 6.62. The number of aromatic nitrogens is 3. The Morgan fingerprint density at radius 2 is 1.79 bits per heavy atom. The molecule has 0 fully saturated rings. The molecule has 0 aliphatic rings. The van der Waals surface area contributed by atoms with Crippen molar-refractivity contribution in [3.63, 3.8) is 0 Å². The number of halogens is 6. The van der Waals surface area contributed by atoms with Gasteiger partial charge in [0.15, 0.2) is 6.61 Å². The van der Waals surface area contributed by atoms with Gasteiger partial charge < -0.3 is 20.1 Å². The number of hydrogen-bond acceptors (Lipinski definition) is 8. The number of carbonyl (C=O) groups excluding carboxylic acids is 1. The van der Waals surface area contributed by atoms with Gasteiger partial charge >= 0.3 is 24.3 Å². The maximum atomic E-state index is 12.9. The monoisotopic (exact) mass is 481 g/mol. The van der Waals surface area contributed by atoms with E-state index in [-0.39, 0.29) is 30.5 Å². The van der Waals surface area contributed by atoms with Gasteiger partial charge in [-0.3, -0.25) is 4.79 Å². The molecule has 1 aromatic heterocycles. The Morgan fingerprint density at radius 1 is 1.06 bits per heavy atom. The molecule has 8 nitrogen and oxygen atoms in total. The zero-order valence-corrected chi connectivity index (χ0v) is 17.4. The van der Waals surface area contributed by atoms with E-state index in [1.165, 1.54) is 6.07 Å². The Hall–Kier alpha value is -3.32. The molecule has 1 heterocycles. The van der Waals surface area contributed by atoms with Crippen molar-refractivity contribution in [1.29, 1.82) is 0 Å². The van der Waals surface area contributed by atoms with Crippen LogP contribution in [0.5, 0.6) is 6.01 Å². The minimum Gasteiger partial charge on any atom is -0.466 e. The first-order valence-electron chi connectivity index (χ1n) is 9.75. The Labute approximate surface area is 184 Å². The number of nitrogens with one attached hydrogen (secondary N) is 2. The van der Waals surface area contributed by atoms with Crippen molar-refractivity contribution >= 4 is 23.6 Å². The van der Waals surface area contributed by atoms with Crippen LogP contribution in [0.25, 0.3) is 0 Å². The first-order chi connectivity index (χ1) is 15.5. The van der Waals surface area contributed by atoms with Crippen LogP contribution >= 0.6 is 0 Å². The summed E-state index contributed by atoms with van der Waals surface area (Å²) in [4.78, 5) is 22.8. The molecule has 0 radical (unpaired) electrons. The summed E-state index contributed by atoms with van der Waals surface area (Å²) in [5.41, 5.74) is -0.995. The van der Waals surface area contributed by atoms with Gasteiger partial charge in [-0.1, -0.05) is 13.0 Å². The molecular formula is C19H21F6N5O3. The van der Waals surface area contributed by atoms with Crippen LogP contribution in [0.1, 0.15) is 31.7 Å². The molecule has 0 unspecified atom stereocenters. The lowest BCUT2D eigenvalue weighted by molar-refractivity contribution is -0.154. The van der Waals surface area contributed by atoms with Crippen LogP contribution in [0.3, 0.4) is 0 Å². The maximum absolute atomic E-state index is 12.9. The molecule has 182 valence electrons. The highest BCUT2D eigenvalue weighted by atomic mass is 19.4. The standard InChI is InChI=1S/C19H21F6N5O3/c1-2-9-32-14(31)7-4-8-26-15-28-16(30-17(29-15)33-11-18(20,21)22)27-13-6-3-5-12(10-13)19(23,24)25/h3,5-6,10H,2,4,7-9,11H2,1H3,(H2,26,27,28,29,30). The number of nitrogens with zero attached hydrogens (tertiary/aromatic N) is 3. The Morgan fingerprint density at radius 3 is 2.45 bits per heavy atom. The largest absolute Gasteiger partial charge is 0.466 e. The van der Waals surface area contributed by atoms with Crippen LogP contribution in [0, 0.1) is 0 Å². The molecule has 0 aliphatic heterocycles. The van der Waals surface area contributed by atoms with Crippen LogP contribution in [0.2, 0.25) is 0 Å². The number of carbonyl (C=O) groups is 1. The summed E-state index contributed by atoms with van der Waals surface area (Å²) in [6.07, 6.45) is -8.18. The van der Waals surface area contributed by atoms with E-state index in [4.69, 9.17) is 4.74 Å². The van der Waals surface area contributed by atoms with E-state index >= 15 is 0 Å². The zero-order chi connectivity index (χ0) is 24.5. The van der Waals surface area contributed by atoms with Crippen LogP contribution in [0.15, 0.2) is 24.3 Å². The third-order valence-corrected chi connectivity index (χ3v) is 3.73. The van der Waals surface area contributed by atoms with Crippen molar-refractivity contribution in [3.8, 4) is 6.01 Å². The number of alkyl halides is 6. The van der Waals surface area contributed by atoms with Crippen molar-refractivity contribution in [2.45, 2.75) is 38.5 Å². The van der Waals surface area contributed by atoms with E-state index in [1.54, 1.807) is 0 Å². The van der Waals surface area contributed by atoms with Gasteiger partial charge in [0.1, 0.15) is 0 Å². The van der Waals surface area contributed by atoms with E-state index in [1.807, 2.05) is 6.92 Å². The first kappa shape index (κ1) is 25.9. The first-order valence-corrected chi connectivity index (χ1v) is 9.75. The number of anilines is 3. The highest BCUT2D eigenvalue weighted by Crippen LogP contribution is 2.31. The summed E-state index contributed by atoms with van der Waals surface area (Å²) in [6, 6.07) is 3.39. The lowest BCUT2D eigenvalue weighted by atomic mass is 10.2. The molecule has 0 saturated carbocycles. The quantitative estimate of drug-likeness (QED) is 0.270. The van der Waals surface area contributed by atoms with Crippen LogP contribution < -0.4 is 15.4 Å². The summed E-state index contributed by atoms with van der Waals surface area (Å²) >= 11 is 0. The number of esters is 1. The van der Waals surface area contributed by atoms with E-state index in [2.05, 4.69) is 30.3 Å². The Kier molecular flexibility index (Phi) is 9.05. The third kappa shape index (κ3) is 9.78. The van der Waals surface area contributed by atoms with Crippen molar-refractivity contribution in [1.82, 2.24) is 15.0 Å². The predicted molar refractivity (Wildman–Crippen MR) is 105 cm³/mol. The number of ether oxygens (including phenoxy) is 2.